The average molecular weight is 582 g/mol. The van der Waals surface area contributed by atoms with Gasteiger partial charge in [-0.3, -0.25) is 4.90 Å². The third-order valence-electron chi connectivity index (χ3n) is 6.50. The van der Waals surface area contributed by atoms with Gasteiger partial charge in [0.15, 0.2) is 16.1 Å². The van der Waals surface area contributed by atoms with Crippen LogP contribution < -0.4 is 4.74 Å². The highest BCUT2D eigenvalue weighted by Gasteiger charge is 2.44. The van der Waals surface area contributed by atoms with Crippen molar-refractivity contribution in [3.8, 4) is 16.9 Å². The minimum atomic E-state index is -5.12. The Kier molecular flexibility index (Phi) is 8.88. The molecule has 0 aliphatic carbocycles. The summed E-state index contributed by atoms with van der Waals surface area (Å²) in [5, 5.41) is 0.462. The number of ether oxygens (including phenoxy) is 2. The van der Waals surface area contributed by atoms with Crippen LogP contribution in [0.1, 0.15) is 18.4 Å². The van der Waals surface area contributed by atoms with Crippen LogP contribution in [0.4, 0.5) is 13.2 Å². The van der Waals surface area contributed by atoms with E-state index in [1.54, 1.807) is 41.3 Å². The summed E-state index contributed by atoms with van der Waals surface area (Å²) >= 11 is 6.23. The number of nitrogens with zero attached hydrogens (tertiary/aromatic N) is 1. The highest BCUT2D eigenvalue weighted by Crippen LogP contribution is 2.33. The van der Waals surface area contributed by atoms with Crippen molar-refractivity contribution in [2.24, 2.45) is 5.92 Å². The maximum absolute atomic E-state index is 13.0. The van der Waals surface area contributed by atoms with Gasteiger partial charge in [0.05, 0.1) is 11.5 Å². The van der Waals surface area contributed by atoms with Gasteiger partial charge < -0.3 is 9.47 Å². The molecule has 1 fully saturated rings. The second kappa shape index (κ2) is 12.0. The number of likely N-dealkylation sites (tertiary alicyclic amines) is 1. The van der Waals surface area contributed by atoms with E-state index in [2.05, 4.69) is 0 Å². The number of halogens is 4. The van der Waals surface area contributed by atoms with E-state index in [0.29, 0.717) is 34.9 Å². The number of carbonyl (C=O) groups excluding carboxylic acids is 1. The first-order chi connectivity index (χ1) is 18.4. The van der Waals surface area contributed by atoms with Gasteiger partial charge in [0.1, 0.15) is 5.75 Å². The van der Waals surface area contributed by atoms with E-state index in [9.17, 15) is 26.4 Å². The summed E-state index contributed by atoms with van der Waals surface area (Å²) in [4.78, 5) is 13.4. The highest BCUT2D eigenvalue weighted by atomic mass is 35.5. The van der Waals surface area contributed by atoms with Crippen LogP contribution in [0.5, 0.6) is 5.75 Å². The molecule has 0 saturated carbocycles. The Bertz CT molecular complexity index is 1420. The zero-order valence-electron chi connectivity index (χ0n) is 21.0. The molecule has 6 nitrogen and oxygen atoms in total. The lowest BCUT2D eigenvalue weighted by Gasteiger charge is -2.38. The van der Waals surface area contributed by atoms with Crippen molar-refractivity contribution in [2.75, 3.05) is 19.4 Å². The Balaban J connectivity index is 1.49. The summed E-state index contributed by atoms with van der Waals surface area (Å²) in [6.07, 6.45) is -4.47. The number of hydrogen-bond acceptors (Lipinski definition) is 6. The molecular weight excluding hydrogens is 555 g/mol. The van der Waals surface area contributed by atoms with Crippen LogP contribution in [0, 0.1) is 5.92 Å². The summed E-state index contributed by atoms with van der Waals surface area (Å²) in [7, 11) is -3.59. The predicted octanol–water partition coefficient (Wildman–Crippen LogP) is 6.13. The predicted molar refractivity (Wildman–Crippen MR) is 141 cm³/mol. The van der Waals surface area contributed by atoms with Crippen LogP contribution in [0.15, 0.2) is 77.7 Å². The Hall–Kier alpha value is -3.08. The summed E-state index contributed by atoms with van der Waals surface area (Å²) < 4.78 is 74.8. The lowest BCUT2D eigenvalue weighted by atomic mass is 9.95. The zero-order chi connectivity index (χ0) is 28.2. The van der Waals surface area contributed by atoms with Gasteiger partial charge in [0, 0.05) is 36.4 Å². The molecule has 0 aromatic heterocycles. The van der Waals surface area contributed by atoms with Crippen LogP contribution in [0.3, 0.4) is 0 Å². The Morgan fingerprint density at radius 1 is 1.05 bits per heavy atom. The molecule has 0 bridgehead atoms. The minimum absolute atomic E-state index is 0.104. The fourth-order valence-corrected chi connectivity index (χ4v) is 5.62. The lowest BCUT2D eigenvalue weighted by Crippen LogP contribution is -2.47. The van der Waals surface area contributed by atoms with E-state index in [4.69, 9.17) is 21.1 Å². The van der Waals surface area contributed by atoms with Gasteiger partial charge in [-0.2, -0.15) is 13.2 Å². The van der Waals surface area contributed by atoms with Crippen LogP contribution in [0.25, 0.3) is 11.1 Å². The molecule has 3 aromatic carbocycles. The standard InChI is InChI=1S/C28H27ClF3NO5S/c1-39(35,36)25-16-22(11-12-23(25)20-7-3-2-4-8-20)37-18-19-13-14-33(17-21-9-5-6-10-24(21)29)26(15-19)38-27(34)28(30,31)32/h2-12,16,19,26H,13-15,17-18H2,1H3. The number of piperidine rings is 1. The second-order valence-electron chi connectivity index (χ2n) is 9.42. The Morgan fingerprint density at radius 3 is 2.41 bits per heavy atom. The third-order valence-corrected chi connectivity index (χ3v) is 8.00. The van der Waals surface area contributed by atoms with E-state index in [1.165, 1.54) is 6.07 Å². The summed E-state index contributed by atoms with van der Waals surface area (Å²) in [5.74, 6) is -2.18. The number of hydrogen-bond donors (Lipinski definition) is 0. The van der Waals surface area contributed by atoms with Gasteiger partial charge in [-0.25, -0.2) is 13.2 Å². The van der Waals surface area contributed by atoms with Gasteiger partial charge in [-0.15, -0.1) is 0 Å². The van der Waals surface area contributed by atoms with E-state index in [-0.39, 0.29) is 30.4 Å². The molecule has 2 atom stereocenters. The molecular formula is C28H27ClF3NO5S. The molecule has 2 unspecified atom stereocenters. The van der Waals surface area contributed by atoms with Crippen molar-refractivity contribution in [3.63, 3.8) is 0 Å². The summed E-state index contributed by atoms with van der Waals surface area (Å²) in [5.41, 5.74) is 1.98. The maximum atomic E-state index is 13.0. The van der Waals surface area contributed by atoms with Gasteiger partial charge in [-0.05, 0) is 47.7 Å². The first-order valence-corrected chi connectivity index (χ1v) is 14.5. The Labute approximate surface area is 230 Å². The fraction of sp³-hybridized carbons (Fsp3) is 0.321. The van der Waals surface area contributed by atoms with Crippen molar-refractivity contribution in [2.45, 2.75) is 36.7 Å². The molecule has 1 heterocycles. The molecule has 1 aliphatic heterocycles. The van der Waals surface area contributed by atoms with Crippen molar-refractivity contribution in [3.05, 3.63) is 83.4 Å². The second-order valence-corrected chi connectivity index (χ2v) is 11.8. The first-order valence-electron chi connectivity index (χ1n) is 12.2. The highest BCUT2D eigenvalue weighted by molar-refractivity contribution is 7.90. The number of rotatable bonds is 8. The molecule has 39 heavy (non-hydrogen) atoms. The number of sulfone groups is 1. The molecule has 208 valence electrons. The molecule has 0 amide bonds. The van der Waals surface area contributed by atoms with Gasteiger partial charge in [0.2, 0.25) is 0 Å². The van der Waals surface area contributed by atoms with E-state index < -0.39 is 28.2 Å². The van der Waals surface area contributed by atoms with Crippen LogP contribution in [-0.2, 0) is 25.9 Å². The monoisotopic (exact) mass is 581 g/mol. The van der Waals surface area contributed by atoms with Crippen LogP contribution >= 0.6 is 11.6 Å². The SMILES string of the molecule is CS(=O)(=O)c1cc(OCC2CCN(Cc3ccccc3Cl)C(OC(=O)C(F)(F)F)C2)ccc1-c1ccccc1. The molecule has 0 radical (unpaired) electrons. The first kappa shape index (κ1) is 28.9. The van der Waals surface area contributed by atoms with Gasteiger partial charge in [-0.1, -0.05) is 60.1 Å². The fourth-order valence-electron chi connectivity index (χ4n) is 4.50. The molecule has 0 spiro atoms. The minimum Gasteiger partial charge on any atom is -0.493 e. The largest absolute Gasteiger partial charge is 0.493 e. The third kappa shape index (κ3) is 7.52. The van der Waals surface area contributed by atoms with Crippen molar-refractivity contribution >= 4 is 27.4 Å². The normalized spacial score (nSPS) is 18.5. The molecule has 11 heteroatoms. The average Bonchev–Trinajstić information content (AvgIpc) is 2.89. The zero-order valence-corrected chi connectivity index (χ0v) is 22.6. The number of carbonyl (C=O) groups is 1. The van der Waals surface area contributed by atoms with Gasteiger partial charge in [0.25, 0.3) is 0 Å². The van der Waals surface area contributed by atoms with E-state index in [0.717, 1.165) is 11.8 Å². The van der Waals surface area contributed by atoms with Gasteiger partial charge >= 0.3 is 12.1 Å². The number of esters is 1. The van der Waals surface area contributed by atoms with Crippen molar-refractivity contribution in [1.29, 1.82) is 0 Å². The topological polar surface area (TPSA) is 72.9 Å². The quantitative estimate of drug-likeness (QED) is 0.298. The molecule has 0 N–H and O–H groups in total. The molecule has 1 aliphatic rings. The van der Waals surface area contributed by atoms with Crippen molar-refractivity contribution in [1.82, 2.24) is 4.90 Å². The molecule has 4 rings (SSSR count). The van der Waals surface area contributed by atoms with Crippen LogP contribution in [0.2, 0.25) is 5.02 Å². The number of benzene rings is 3. The van der Waals surface area contributed by atoms with E-state index in [1.807, 2.05) is 30.3 Å². The summed E-state index contributed by atoms with van der Waals surface area (Å²) in [6.45, 7) is 0.659. The van der Waals surface area contributed by atoms with Crippen LogP contribution in [-0.4, -0.2) is 51.1 Å². The molecule has 1 saturated heterocycles. The lowest BCUT2D eigenvalue weighted by molar-refractivity contribution is -0.217. The maximum Gasteiger partial charge on any atom is 0.490 e. The van der Waals surface area contributed by atoms with Crippen molar-refractivity contribution < 1.29 is 35.9 Å². The summed E-state index contributed by atoms with van der Waals surface area (Å²) in [6, 6.07) is 20.8. The Morgan fingerprint density at radius 2 is 1.74 bits per heavy atom. The molecule has 3 aromatic rings. The number of alkyl halides is 3. The van der Waals surface area contributed by atoms with E-state index >= 15 is 0 Å². The smallest absolute Gasteiger partial charge is 0.490 e.